The molecule has 1 amide bonds. The highest BCUT2D eigenvalue weighted by Crippen LogP contribution is 2.47. The van der Waals surface area contributed by atoms with Crippen LogP contribution in [-0.4, -0.2) is 40.8 Å². The number of amides is 1. The average molecular weight is 344 g/mol. The van der Waals surface area contributed by atoms with Gasteiger partial charge in [0.05, 0.1) is 11.3 Å². The number of hydrogen-bond acceptors (Lipinski definition) is 4. The summed E-state index contributed by atoms with van der Waals surface area (Å²) < 4.78 is 5.44. The molecule has 0 saturated carbocycles. The lowest BCUT2D eigenvalue weighted by molar-refractivity contribution is -0.134. The number of carboxylic acid groups (broad SMARTS) is 1. The number of carbonyl (C=O) groups is 2. The van der Waals surface area contributed by atoms with E-state index in [1.54, 1.807) is 4.90 Å². The fraction of sp³-hybridized carbons (Fsp3) is 0.474. The largest absolute Gasteiger partial charge is 0.478 e. The second-order valence-corrected chi connectivity index (χ2v) is 7.86. The van der Waals surface area contributed by atoms with Gasteiger partial charge in [-0.2, -0.15) is 0 Å². The average Bonchev–Trinajstić information content (AvgIpc) is 2.89. The quantitative estimate of drug-likeness (QED) is 0.817. The lowest BCUT2D eigenvalue weighted by atomic mass is 9.68. The molecule has 1 unspecified atom stereocenters. The standard InChI is InChI=1S/C19H24N2O4/c1-18(2,3)25-17(24)21-9-8-19(11-21)10-12-6-4-5-7-13(12)15(20)14(19)16(22)23/h4-7H,8-11,20H2,1-3H3,(H,22,23). The summed E-state index contributed by atoms with van der Waals surface area (Å²) >= 11 is 0. The second kappa shape index (κ2) is 5.79. The number of fused-ring (bicyclic) bond motifs is 1. The van der Waals surface area contributed by atoms with Crippen LogP contribution in [0, 0.1) is 5.41 Å². The van der Waals surface area contributed by atoms with E-state index in [-0.39, 0.29) is 5.57 Å². The summed E-state index contributed by atoms with van der Waals surface area (Å²) in [6.07, 6.45) is 0.708. The molecule has 1 spiro atoms. The predicted molar refractivity (Wildman–Crippen MR) is 93.7 cm³/mol. The van der Waals surface area contributed by atoms with E-state index in [0.29, 0.717) is 31.6 Å². The molecule has 134 valence electrons. The van der Waals surface area contributed by atoms with E-state index < -0.39 is 23.1 Å². The van der Waals surface area contributed by atoms with E-state index in [9.17, 15) is 14.7 Å². The zero-order chi connectivity index (χ0) is 18.4. The molecular formula is C19H24N2O4. The van der Waals surface area contributed by atoms with Gasteiger partial charge in [-0.05, 0) is 39.2 Å². The Bertz CT molecular complexity index is 763. The number of rotatable bonds is 1. The third kappa shape index (κ3) is 3.08. The van der Waals surface area contributed by atoms with Crippen molar-refractivity contribution in [2.75, 3.05) is 13.1 Å². The summed E-state index contributed by atoms with van der Waals surface area (Å²) in [6.45, 7) is 6.20. The van der Waals surface area contributed by atoms with Gasteiger partial charge in [0.15, 0.2) is 0 Å². The summed E-state index contributed by atoms with van der Waals surface area (Å²) in [7, 11) is 0. The Hall–Kier alpha value is -2.50. The van der Waals surface area contributed by atoms with Crippen molar-refractivity contribution in [3.05, 3.63) is 41.0 Å². The van der Waals surface area contributed by atoms with Crippen LogP contribution in [0.1, 0.15) is 38.3 Å². The fourth-order valence-corrected chi connectivity index (χ4v) is 3.86. The van der Waals surface area contributed by atoms with E-state index in [4.69, 9.17) is 10.5 Å². The Balaban J connectivity index is 1.96. The minimum Gasteiger partial charge on any atom is -0.478 e. The van der Waals surface area contributed by atoms with Crippen molar-refractivity contribution in [2.45, 2.75) is 39.2 Å². The van der Waals surface area contributed by atoms with E-state index in [1.165, 1.54) is 0 Å². The summed E-state index contributed by atoms with van der Waals surface area (Å²) in [6, 6.07) is 7.59. The van der Waals surface area contributed by atoms with E-state index in [0.717, 1.165) is 11.1 Å². The number of nitrogens with zero attached hydrogens (tertiary/aromatic N) is 1. The van der Waals surface area contributed by atoms with Crippen LogP contribution in [0.4, 0.5) is 4.79 Å². The van der Waals surface area contributed by atoms with Crippen molar-refractivity contribution in [3.8, 4) is 0 Å². The van der Waals surface area contributed by atoms with E-state index in [2.05, 4.69) is 0 Å². The molecule has 1 aliphatic carbocycles. The number of ether oxygens (including phenoxy) is 1. The zero-order valence-electron chi connectivity index (χ0n) is 14.8. The van der Waals surface area contributed by atoms with Crippen molar-refractivity contribution in [2.24, 2.45) is 11.1 Å². The first-order valence-electron chi connectivity index (χ1n) is 8.43. The Kier molecular flexibility index (Phi) is 4.01. The number of aliphatic carboxylic acids is 1. The van der Waals surface area contributed by atoms with Gasteiger partial charge < -0.3 is 20.5 Å². The van der Waals surface area contributed by atoms with E-state index in [1.807, 2.05) is 45.0 Å². The molecule has 3 rings (SSSR count). The van der Waals surface area contributed by atoms with Crippen LogP contribution in [0.3, 0.4) is 0 Å². The highest BCUT2D eigenvalue weighted by atomic mass is 16.6. The maximum Gasteiger partial charge on any atom is 0.410 e. The molecule has 6 nitrogen and oxygen atoms in total. The van der Waals surface area contributed by atoms with Crippen LogP contribution in [0.2, 0.25) is 0 Å². The van der Waals surface area contributed by atoms with Crippen LogP contribution >= 0.6 is 0 Å². The number of nitrogens with two attached hydrogens (primary N) is 1. The smallest absolute Gasteiger partial charge is 0.410 e. The molecule has 0 radical (unpaired) electrons. The van der Waals surface area contributed by atoms with Gasteiger partial charge in [0.25, 0.3) is 0 Å². The topological polar surface area (TPSA) is 92.9 Å². The van der Waals surface area contributed by atoms with Crippen molar-refractivity contribution in [1.82, 2.24) is 4.90 Å². The van der Waals surface area contributed by atoms with Crippen molar-refractivity contribution in [1.29, 1.82) is 0 Å². The van der Waals surface area contributed by atoms with Crippen LogP contribution < -0.4 is 5.73 Å². The molecule has 1 aromatic carbocycles. The van der Waals surface area contributed by atoms with Gasteiger partial charge in [0.1, 0.15) is 5.60 Å². The minimum absolute atomic E-state index is 0.220. The molecule has 0 bridgehead atoms. The summed E-state index contributed by atoms with van der Waals surface area (Å²) in [5.74, 6) is -1.02. The molecular weight excluding hydrogens is 320 g/mol. The fourth-order valence-electron chi connectivity index (χ4n) is 3.86. The molecule has 1 saturated heterocycles. The number of likely N-dealkylation sites (tertiary alicyclic amines) is 1. The maximum atomic E-state index is 12.4. The van der Waals surface area contributed by atoms with E-state index >= 15 is 0 Å². The van der Waals surface area contributed by atoms with Gasteiger partial charge in [-0.1, -0.05) is 24.3 Å². The van der Waals surface area contributed by atoms with Gasteiger partial charge in [-0.3, -0.25) is 0 Å². The number of benzene rings is 1. The molecule has 6 heteroatoms. The van der Waals surface area contributed by atoms with Crippen LogP contribution in [0.25, 0.3) is 5.70 Å². The van der Waals surface area contributed by atoms with Gasteiger partial charge in [0, 0.05) is 24.1 Å². The molecule has 1 aliphatic heterocycles. The third-order valence-corrected chi connectivity index (χ3v) is 4.86. The molecule has 2 aliphatic rings. The van der Waals surface area contributed by atoms with Crippen molar-refractivity contribution < 1.29 is 19.4 Å². The first-order chi connectivity index (χ1) is 11.6. The highest BCUT2D eigenvalue weighted by Gasteiger charge is 2.49. The number of carbonyl (C=O) groups excluding carboxylic acids is 1. The SMILES string of the molecule is CC(C)(C)OC(=O)N1CCC2(Cc3ccccc3C(N)=C2C(=O)O)C1. The molecule has 25 heavy (non-hydrogen) atoms. The van der Waals surface area contributed by atoms with Gasteiger partial charge in [0.2, 0.25) is 0 Å². The van der Waals surface area contributed by atoms with Crippen LogP contribution in [-0.2, 0) is 16.0 Å². The Morgan fingerprint density at radius 2 is 1.96 bits per heavy atom. The van der Waals surface area contributed by atoms with Gasteiger partial charge in [-0.15, -0.1) is 0 Å². The Labute approximate surface area is 147 Å². The predicted octanol–water partition coefficient (Wildman–Crippen LogP) is 2.62. The molecule has 1 fully saturated rings. The molecule has 1 atom stereocenters. The summed E-state index contributed by atoms with van der Waals surface area (Å²) in [4.78, 5) is 26.0. The molecule has 3 N–H and O–H groups in total. The lowest BCUT2D eigenvalue weighted by Crippen LogP contribution is -2.41. The highest BCUT2D eigenvalue weighted by molar-refractivity contribution is 5.99. The van der Waals surface area contributed by atoms with Crippen molar-refractivity contribution in [3.63, 3.8) is 0 Å². The lowest BCUT2D eigenvalue weighted by Gasteiger charge is -2.36. The van der Waals surface area contributed by atoms with Crippen LogP contribution in [0.5, 0.6) is 0 Å². The second-order valence-electron chi connectivity index (χ2n) is 7.86. The minimum atomic E-state index is -1.02. The number of hydrogen-bond donors (Lipinski definition) is 2. The first kappa shape index (κ1) is 17.3. The monoisotopic (exact) mass is 344 g/mol. The molecule has 1 heterocycles. The number of carboxylic acids is 1. The van der Waals surface area contributed by atoms with Crippen molar-refractivity contribution >= 4 is 17.8 Å². The third-order valence-electron chi connectivity index (χ3n) is 4.86. The summed E-state index contributed by atoms with van der Waals surface area (Å²) in [5.41, 5.74) is 7.31. The Morgan fingerprint density at radius 3 is 2.60 bits per heavy atom. The first-order valence-corrected chi connectivity index (χ1v) is 8.43. The molecule has 0 aromatic heterocycles. The summed E-state index contributed by atoms with van der Waals surface area (Å²) in [5, 5.41) is 9.80. The van der Waals surface area contributed by atoms with Gasteiger partial charge >= 0.3 is 12.1 Å². The van der Waals surface area contributed by atoms with Crippen LogP contribution in [0.15, 0.2) is 29.8 Å². The van der Waals surface area contributed by atoms with Gasteiger partial charge in [-0.25, -0.2) is 9.59 Å². The zero-order valence-corrected chi connectivity index (χ0v) is 14.8. The normalized spacial score (nSPS) is 22.9. The maximum absolute atomic E-state index is 12.4. The Morgan fingerprint density at radius 1 is 1.28 bits per heavy atom. The molecule has 1 aromatic rings.